The lowest BCUT2D eigenvalue weighted by molar-refractivity contribution is -0.108. The fourth-order valence-electron chi connectivity index (χ4n) is 7.26. The molecule has 43 heavy (non-hydrogen) atoms. The van der Waals surface area contributed by atoms with E-state index in [1.54, 1.807) is 12.1 Å². The van der Waals surface area contributed by atoms with Crippen molar-refractivity contribution in [3.63, 3.8) is 0 Å². The van der Waals surface area contributed by atoms with Crippen LogP contribution in [0.15, 0.2) is 60.7 Å². The summed E-state index contributed by atoms with van der Waals surface area (Å²) in [7, 11) is 0. The molecule has 0 saturated carbocycles. The van der Waals surface area contributed by atoms with Crippen molar-refractivity contribution in [1.82, 2.24) is 9.80 Å². The van der Waals surface area contributed by atoms with Gasteiger partial charge < -0.3 is 14.4 Å². The van der Waals surface area contributed by atoms with Crippen LogP contribution in [0.3, 0.4) is 0 Å². The standard InChI is InChI=1S/C34H37F4N3O2/c35-29-18-26(41-12-4-10-34(23-41)11-14-39(22-34)15-16-42)19-30(36)32(29)33-28-8-7-27(43-21-24-5-2-1-3-6-24)17-25(28)9-13-40(33)20-31(37)38/h1-3,5-8,16-19,31,33H,4,9-15,20-23H2. The van der Waals surface area contributed by atoms with Gasteiger partial charge in [0.15, 0.2) is 0 Å². The first kappa shape index (κ1) is 29.6. The SMILES string of the molecule is O=CCN1CCC2(CCCN(c3cc(F)c(C4c5ccc(OCc6ccccc6)cc5CCN4CC(F)F)c(F)c3)C2)C1. The van der Waals surface area contributed by atoms with Crippen molar-refractivity contribution in [3.8, 4) is 5.75 Å². The molecule has 2 unspecified atom stereocenters. The van der Waals surface area contributed by atoms with Crippen molar-refractivity contribution in [3.05, 3.63) is 94.6 Å². The summed E-state index contributed by atoms with van der Waals surface area (Å²) in [5.74, 6) is -0.840. The number of fused-ring (bicyclic) bond motifs is 1. The number of benzene rings is 3. The molecule has 3 heterocycles. The van der Waals surface area contributed by atoms with Crippen LogP contribution in [0.5, 0.6) is 5.75 Å². The lowest BCUT2D eigenvalue weighted by atomic mass is 9.79. The molecule has 5 nitrogen and oxygen atoms in total. The highest BCUT2D eigenvalue weighted by Gasteiger charge is 2.42. The third-order valence-corrected chi connectivity index (χ3v) is 9.28. The maximum atomic E-state index is 16.0. The minimum Gasteiger partial charge on any atom is -0.489 e. The first-order chi connectivity index (χ1) is 20.8. The molecule has 6 rings (SSSR count). The van der Waals surface area contributed by atoms with Gasteiger partial charge in [0, 0.05) is 42.8 Å². The molecule has 2 fully saturated rings. The van der Waals surface area contributed by atoms with Crippen LogP contribution >= 0.6 is 0 Å². The average Bonchev–Trinajstić information content (AvgIpc) is 3.38. The third-order valence-electron chi connectivity index (χ3n) is 9.28. The molecule has 0 aromatic heterocycles. The van der Waals surface area contributed by atoms with Gasteiger partial charge in [0.1, 0.15) is 30.3 Å². The van der Waals surface area contributed by atoms with E-state index in [0.717, 1.165) is 49.8 Å². The normalized spacial score (nSPS) is 22.7. The first-order valence-electron chi connectivity index (χ1n) is 15.1. The number of alkyl halides is 2. The van der Waals surface area contributed by atoms with Gasteiger partial charge in [-0.25, -0.2) is 17.6 Å². The summed E-state index contributed by atoms with van der Waals surface area (Å²) < 4.78 is 65.3. The Labute approximate surface area is 250 Å². The van der Waals surface area contributed by atoms with Crippen molar-refractivity contribution in [1.29, 1.82) is 0 Å². The highest BCUT2D eigenvalue weighted by molar-refractivity contribution is 5.53. The fraction of sp³-hybridized carbons (Fsp3) is 0.441. The number of halogens is 4. The average molecular weight is 596 g/mol. The van der Waals surface area contributed by atoms with E-state index >= 15 is 8.78 Å². The number of aldehydes is 1. The van der Waals surface area contributed by atoms with Gasteiger partial charge in [-0.05, 0) is 73.2 Å². The van der Waals surface area contributed by atoms with E-state index in [4.69, 9.17) is 4.74 Å². The van der Waals surface area contributed by atoms with Crippen LogP contribution in [-0.4, -0.2) is 68.3 Å². The van der Waals surface area contributed by atoms with Crippen LogP contribution in [-0.2, 0) is 17.8 Å². The van der Waals surface area contributed by atoms with Gasteiger partial charge in [0.05, 0.1) is 19.1 Å². The molecule has 3 aromatic rings. The van der Waals surface area contributed by atoms with Crippen LogP contribution in [0.4, 0.5) is 23.2 Å². The Hall–Kier alpha value is -3.43. The lowest BCUT2D eigenvalue weighted by Crippen LogP contribution is -2.45. The minimum atomic E-state index is -2.64. The zero-order chi connectivity index (χ0) is 30.0. The Morgan fingerprint density at radius 1 is 0.953 bits per heavy atom. The zero-order valence-corrected chi connectivity index (χ0v) is 24.2. The quantitative estimate of drug-likeness (QED) is 0.216. The number of ether oxygens (including phenoxy) is 1. The molecular formula is C34H37F4N3O2. The Morgan fingerprint density at radius 2 is 1.74 bits per heavy atom. The molecular weight excluding hydrogens is 558 g/mol. The highest BCUT2D eigenvalue weighted by Crippen LogP contribution is 2.43. The molecule has 0 aliphatic carbocycles. The second kappa shape index (κ2) is 12.7. The van der Waals surface area contributed by atoms with E-state index < -0.39 is 30.6 Å². The summed E-state index contributed by atoms with van der Waals surface area (Å²) in [5.41, 5.74) is 2.71. The predicted molar refractivity (Wildman–Crippen MR) is 158 cm³/mol. The van der Waals surface area contributed by atoms with Crippen LogP contribution in [0.25, 0.3) is 0 Å². The van der Waals surface area contributed by atoms with Gasteiger partial charge in [-0.3, -0.25) is 9.80 Å². The minimum absolute atomic E-state index is 0.0104. The summed E-state index contributed by atoms with van der Waals surface area (Å²) in [5, 5.41) is 0. The number of nitrogens with zero attached hydrogens (tertiary/aromatic N) is 3. The van der Waals surface area contributed by atoms with Crippen molar-refractivity contribution in [2.45, 2.75) is 44.8 Å². The summed E-state index contributed by atoms with van der Waals surface area (Å²) in [6, 6.07) is 16.8. The van der Waals surface area contributed by atoms with E-state index in [9.17, 15) is 13.6 Å². The van der Waals surface area contributed by atoms with Crippen LogP contribution < -0.4 is 9.64 Å². The molecule has 9 heteroatoms. The molecule has 0 radical (unpaired) electrons. The highest BCUT2D eigenvalue weighted by atomic mass is 19.3. The van der Waals surface area contributed by atoms with Gasteiger partial charge in [-0.2, -0.15) is 0 Å². The van der Waals surface area contributed by atoms with E-state index in [0.29, 0.717) is 49.7 Å². The van der Waals surface area contributed by atoms with Crippen molar-refractivity contribution >= 4 is 12.0 Å². The van der Waals surface area contributed by atoms with Gasteiger partial charge in [0.2, 0.25) is 0 Å². The maximum absolute atomic E-state index is 16.0. The van der Waals surface area contributed by atoms with Crippen LogP contribution in [0.1, 0.15) is 47.6 Å². The molecule has 0 N–H and O–H groups in total. The second-order valence-electron chi connectivity index (χ2n) is 12.2. The summed E-state index contributed by atoms with van der Waals surface area (Å²) in [6.07, 6.45) is 1.60. The number of hydrogen-bond acceptors (Lipinski definition) is 5. The molecule has 0 amide bonds. The molecule has 228 valence electrons. The number of anilines is 1. The molecule has 0 bridgehead atoms. The first-order valence-corrected chi connectivity index (χ1v) is 15.1. The molecule has 3 aliphatic heterocycles. The monoisotopic (exact) mass is 595 g/mol. The van der Waals surface area contributed by atoms with Gasteiger partial charge >= 0.3 is 0 Å². The largest absolute Gasteiger partial charge is 0.489 e. The zero-order valence-electron chi connectivity index (χ0n) is 24.2. The van der Waals surface area contributed by atoms with Crippen molar-refractivity contribution < 1.29 is 27.1 Å². The van der Waals surface area contributed by atoms with E-state index in [1.165, 1.54) is 17.0 Å². The summed E-state index contributed by atoms with van der Waals surface area (Å²) in [6.45, 7) is 3.42. The van der Waals surface area contributed by atoms with Crippen molar-refractivity contribution in [2.75, 3.05) is 50.7 Å². The molecule has 1 spiro atoms. The Balaban J connectivity index is 1.27. The Bertz CT molecular complexity index is 1420. The predicted octanol–water partition coefficient (Wildman–Crippen LogP) is 6.25. The molecule has 2 atom stereocenters. The Morgan fingerprint density at radius 3 is 2.49 bits per heavy atom. The maximum Gasteiger partial charge on any atom is 0.251 e. The number of piperidine rings is 1. The van der Waals surface area contributed by atoms with E-state index in [-0.39, 0.29) is 17.5 Å². The summed E-state index contributed by atoms with van der Waals surface area (Å²) >= 11 is 0. The molecule has 2 saturated heterocycles. The van der Waals surface area contributed by atoms with Crippen molar-refractivity contribution in [2.24, 2.45) is 5.41 Å². The van der Waals surface area contributed by atoms with Gasteiger partial charge in [0.25, 0.3) is 6.43 Å². The molecule has 3 aromatic carbocycles. The smallest absolute Gasteiger partial charge is 0.251 e. The third kappa shape index (κ3) is 6.43. The number of hydrogen-bond donors (Lipinski definition) is 0. The lowest BCUT2D eigenvalue weighted by Gasteiger charge is -2.42. The van der Waals surface area contributed by atoms with Crippen LogP contribution in [0.2, 0.25) is 0 Å². The van der Waals surface area contributed by atoms with Crippen LogP contribution in [0, 0.1) is 17.0 Å². The number of likely N-dealkylation sites (tertiary alicyclic amines) is 1. The van der Waals surface area contributed by atoms with E-state index in [1.807, 2.05) is 41.3 Å². The Kier molecular flexibility index (Phi) is 8.73. The number of carbonyl (C=O) groups is 1. The number of carbonyl (C=O) groups excluding carboxylic acids is 1. The summed E-state index contributed by atoms with van der Waals surface area (Å²) in [4.78, 5) is 16.7. The fourth-order valence-corrected chi connectivity index (χ4v) is 7.26. The molecule has 3 aliphatic rings. The second-order valence-corrected chi connectivity index (χ2v) is 12.2. The number of rotatable bonds is 9. The van der Waals surface area contributed by atoms with Gasteiger partial charge in [-0.15, -0.1) is 0 Å². The topological polar surface area (TPSA) is 36.0 Å². The van der Waals surface area contributed by atoms with Gasteiger partial charge in [-0.1, -0.05) is 36.4 Å². The van der Waals surface area contributed by atoms with E-state index in [2.05, 4.69) is 4.90 Å².